The molecule has 3 rings (SSSR count). The van der Waals surface area contributed by atoms with Crippen molar-refractivity contribution < 1.29 is 18.6 Å². The summed E-state index contributed by atoms with van der Waals surface area (Å²) in [7, 11) is 1.57. The molecule has 0 amide bonds. The fraction of sp³-hybridized carbons (Fsp3) is 0.333. The Morgan fingerprint density at radius 1 is 1.17 bits per heavy atom. The molecule has 0 radical (unpaired) electrons. The van der Waals surface area contributed by atoms with Crippen molar-refractivity contribution in [2.45, 2.75) is 19.1 Å². The van der Waals surface area contributed by atoms with Gasteiger partial charge in [-0.25, -0.2) is 8.78 Å². The Morgan fingerprint density at radius 2 is 1.91 bits per heavy atom. The van der Waals surface area contributed by atoms with Crippen molar-refractivity contribution >= 4 is 0 Å². The molecule has 0 aliphatic carbocycles. The Hall–Kier alpha value is -1.98. The molecule has 1 heterocycles. The first kappa shape index (κ1) is 15.9. The molecule has 1 atom stereocenters. The van der Waals surface area contributed by atoms with E-state index in [9.17, 15) is 13.9 Å². The highest BCUT2D eigenvalue weighted by molar-refractivity contribution is 5.33. The number of halogens is 2. The molecule has 1 aliphatic heterocycles. The summed E-state index contributed by atoms with van der Waals surface area (Å²) < 4.78 is 32.8. The van der Waals surface area contributed by atoms with Crippen molar-refractivity contribution in [1.82, 2.24) is 4.90 Å². The van der Waals surface area contributed by atoms with Gasteiger partial charge in [-0.1, -0.05) is 12.1 Å². The number of methoxy groups -OCH3 is 1. The van der Waals surface area contributed by atoms with Gasteiger partial charge < -0.3 is 9.84 Å². The van der Waals surface area contributed by atoms with Crippen LogP contribution in [0.1, 0.15) is 22.8 Å². The van der Waals surface area contributed by atoms with Crippen LogP contribution in [0.3, 0.4) is 0 Å². The van der Waals surface area contributed by atoms with Crippen molar-refractivity contribution in [2.75, 3.05) is 20.2 Å². The smallest absolute Gasteiger partial charge is 0.128 e. The second-order valence-corrected chi connectivity index (χ2v) is 5.76. The van der Waals surface area contributed by atoms with Gasteiger partial charge in [-0.3, -0.25) is 4.90 Å². The van der Waals surface area contributed by atoms with E-state index in [4.69, 9.17) is 4.74 Å². The molecular weight excluding hydrogens is 300 g/mol. The molecule has 5 heteroatoms. The zero-order chi connectivity index (χ0) is 16.4. The van der Waals surface area contributed by atoms with Crippen LogP contribution in [-0.2, 0) is 13.0 Å². The first-order valence-electron chi connectivity index (χ1n) is 7.58. The van der Waals surface area contributed by atoms with Crippen molar-refractivity contribution in [2.24, 2.45) is 0 Å². The van der Waals surface area contributed by atoms with Crippen molar-refractivity contribution in [3.05, 3.63) is 64.7 Å². The van der Waals surface area contributed by atoms with Gasteiger partial charge in [0.15, 0.2) is 0 Å². The molecule has 2 aromatic rings. The predicted molar refractivity (Wildman–Crippen MR) is 83.3 cm³/mol. The Kier molecular flexibility index (Phi) is 4.59. The fourth-order valence-corrected chi connectivity index (χ4v) is 3.00. The van der Waals surface area contributed by atoms with Crippen LogP contribution in [0.15, 0.2) is 36.4 Å². The van der Waals surface area contributed by atoms with E-state index in [-0.39, 0.29) is 11.6 Å². The minimum Gasteiger partial charge on any atom is -0.497 e. The van der Waals surface area contributed by atoms with Gasteiger partial charge in [-0.05, 0) is 41.8 Å². The van der Waals surface area contributed by atoms with E-state index < -0.39 is 6.10 Å². The molecule has 0 saturated heterocycles. The van der Waals surface area contributed by atoms with Gasteiger partial charge in [-0.15, -0.1) is 0 Å². The number of benzene rings is 2. The van der Waals surface area contributed by atoms with Crippen LogP contribution in [-0.4, -0.2) is 30.2 Å². The second-order valence-electron chi connectivity index (χ2n) is 5.76. The van der Waals surface area contributed by atoms with Gasteiger partial charge in [0.1, 0.15) is 17.4 Å². The van der Waals surface area contributed by atoms with Crippen LogP contribution >= 0.6 is 0 Å². The molecule has 0 fully saturated rings. The van der Waals surface area contributed by atoms with E-state index in [1.54, 1.807) is 13.2 Å². The summed E-state index contributed by atoms with van der Waals surface area (Å²) in [6.07, 6.45) is -0.257. The molecule has 1 N–H and O–H groups in total. The molecule has 23 heavy (non-hydrogen) atoms. The Morgan fingerprint density at radius 3 is 2.65 bits per heavy atom. The minimum atomic E-state index is -0.705. The highest BCUT2D eigenvalue weighted by Crippen LogP contribution is 2.26. The molecule has 0 saturated carbocycles. The first-order valence-corrected chi connectivity index (χ1v) is 7.58. The lowest BCUT2D eigenvalue weighted by molar-refractivity contribution is 0.104. The lowest BCUT2D eigenvalue weighted by Crippen LogP contribution is -2.35. The van der Waals surface area contributed by atoms with E-state index in [1.165, 1.54) is 6.07 Å². The standard InChI is InChI=1S/C18H19F2NO2/c1-23-13-4-2-3-12(9-13)18(22)11-21-8-7-14-15(10-21)17(20)6-5-16(14)19/h2-6,9,18,22H,7-8,10-11H2,1H3. The Labute approximate surface area is 134 Å². The molecule has 1 unspecified atom stereocenters. The van der Waals surface area contributed by atoms with Crippen LogP contribution < -0.4 is 4.74 Å². The van der Waals surface area contributed by atoms with E-state index in [2.05, 4.69) is 0 Å². The third-order valence-electron chi connectivity index (χ3n) is 4.29. The predicted octanol–water partition coefficient (Wildman–Crippen LogP) is 3.07. The summed E-state index contributed by atoms with van der Waals surface area (Å²) in [6.45, 7) is 1.26. The number of hydrogen-bond donors (Lipinski definition) is 1. The number of ether oxygens (including phenoxy) is 1. The number of hydrogen-bond acceptors (Lipinski definition) is 3. The van der Waals surface area contributed by atoms with Gasteiger partial charge in [0.2, 0.25) is 0 Å². The van der Waals surface area contributed by atoms with Gasteiger partial charge in [0.05, 0.1) is 13.2 Å². The lowest BCUT2D eigenvalue weighted by Gasteiger charge is -2.30. The SMILES string of the molecule is COc1cccc(C(O)CN2CCc3c(F)ccc(F)c3C2)c1. The highest BCUT2D eigenvalue weighted by Gasteiger charge is 2.24. The van der Waals surface area contributed by atoms with Gasteiger partial charge in [-0.2, -0.15) is 0 Å². The summed E-state index contributed by atoms with van der Waals surface area (Å²) in [5.41, 5.74) is 1.60. The molecule has 0 bridgehead atoms. The normalized spacial score (nSPS) is 16.0. The lowest BCUT2D eigenvalue weighted by atomic mass is 9.97. The van der Waals surface area contributed by atoms with Crippen molar-refractivity contribution in [3.63, 3.8) is 0 Å². The maximum absolute atomic E-state index is 13.9. The topological polar surface area (TPSA) is 32.7 Å². The molecular formula is C18H19F2NO2. The number of nitrogens with zero attached hydrogens (tertiary/aromatic N) is 1. The monoisotopic (exact) mass is 319 g/mol. The molecule has 2 aromatic carbocycles. The van der Waals surface area contributed by atoms with Crippen LogP contribution in [0.4, 0.5) is 8.78 Å². The van der Waals surface area contributed by atoms with E-state index in [0.29, 0.717) is 42.9 Å². The summed E-state index contributed by atoms with van der Waals surface area (Å²) in [4.78, 5) is 1.94. The number of fused-ring (bicyclic) bond motifs is 1. The van der Waals surface area contributed by atoms with Crippen LogP contribution in [0, 0.1) is 11.6 Å². The van der Waals surface area contributed by atoms with Crippen LogP contribution in [0.5, 0.6) is 5.75 Å². The molecule has 122 valence electrons. The summed E-state index contributed by atoms with van der Waals surface area (Å²) in [5.74, 6) is -0.0602. The van der Waals surface area contributed by atoms with E-state index in [1.807, 2.05) is 23.1 Å². The molecule has 0 spiro atoms. The Bertz CT molecular complexity index is 705. The second kappa shape index (κ2) is 6.64. The number of aliphatic hydroxyl groups excluding tert-OH is 1. The molecule has 1 aliphatic rings. The minimum absolute atomic E-state index is 0.306. The largest absolute Gasteiger partial charge is 0.497 e. The molecule has 0 aromatic heterocycles. The average molecular weight is 319 g/mol. The van der Waals surface area contributed by atoms with Gasteiger partial charge in [0.25, 0.3) is 0 Å². The summed E-state index contributed by atoms with van der Waals surface area (Å²) in [6, 6.07) is 9.57. The van der Waals surface area contributed by atoms with E-state index in [0.717, 1.165) is 11.6 Å². The first-order chi connectivity index (χ1) is 11.1. The van der Waals surface area contributed by atoms with Crippen molar-refractivity contribution in [1.29, 1.82) is 0 Å². The summed E-state index contributed by atoms with van der Waals surface area (Å²) in [5, 5.41) is 10.4. The zero-order valence-corrected chi connectivity index (χ0v) is 12.9. The van der Waals surface area contributed by atoms with E-state index >= 15 is 0 Å². The van der Waals surface area contributed by atoms with Crippen LogP contribution in [0.25, 0.3) is 0 Å². The third-order valence-corrected chi connectivity index (χ3v) is 4.29. The maximum atomic E-state index is 13.9. The number of β-amino-alcohol motifs (C(OH)–C–C–N with tert-alkyl or cyclic N) is 1. The maximum Gasteiger partial charge on any atom is 0.128 e. The summed E-state index contributed by atoms with van der Waals surface area (Å²) >= 11 is 0. The zero-order valence-electron chi connectivity index (χ0n) is 12.9. The third kappa shape index (κ3) is 3.35. The highest BCUT2D eigenvalue weighted by atomic mass is 19.1. The van der Waals surface area contributed by atoms with Gasteiger partial charge in [0, 0.05) is 25.2 Å². The Balaban J connectivity index is 1.73. The quantitative estimate of drug-likeness (QED) is 0.940. The average Bonchev–Trinajstić information content (AvgIpc) is 2.58. The van der Waals surface area contributed by atoms with Gasteiger partial charge >= 0.3 is 0 Å². The number of aliphatic hydroxyl groups is 1. The van der Waals surface area contributed by atoms with Crippen molar-refractivity contribution in [3.8, 4) is 5.75 Å². The fourth-order valence-electron chi connectivity index (χ4n) is 3.00. The number of rotatable bonds is 4. The molecule has 3 nitrogen and oxygen atoms in total. The van der Waals surface area contributed by atoms with Crippen LogP contribution in [0.2, 0.25) is 0 Å².